The predicted molar refractivity (Wildman–Crippen MR) is 202 cm³/mol. The van der Waals surface area contributed by atoms with Gasteiger partial charge in [0.05, 0.1) is 9.79 Å². The molecular formula is C38H37N5O7S3. The highest BCUT2D eigenvalue weighted by Gasteiger charge is 2.38. The fourth-order valence-corrected chi connectivity index (χ4v) is 11.2. The molecule has 1 N–H and O–H groups in total. The van der Waals surface area contributed by atoms with E-state index in [9.17, 15) is 25.3 Å². The minimum absolute atomic E-state index is 0.00798. The zero-order chi connectivity index (χ0) is 37.2. The molecule has 12 nitrogen and oxygen atoms in total. The first-order chi connectivity index (χ1) is 25.4. The van der Waals surface area contributed by atoms with Crippen molar-refractivity contribution in [2.45, 2.75) is 32.5 Å². The van der Waals surface area contributed by atoms with Crippen LogP contribution in [0.3, 0.4) is 0 Å². The summed E-state index contributed by atoms with van der Waals surface area (Å²) in [6.45, 7) is 1.16. The van der Waals surface area contributed by atoms with Gasteiger partial charge >= 0.3 is 10.1 Å². The molecular weight excluding hydrogens is 735 g/mol. The van der Waals surface area contributed by atoms with Crippen molar-refractivity contribution in [2.75, 3.05) is 33.2 Å². The second kappa shape index (κ2) is 14.9. The van der Waals surface area contributed by atoms with E-state index in [1.54, 1.807) is 104 Å². The van der Waals surface area contributed by atoms with E-state index in [0.29, 0.717) is 40.2 Å². The van der Waals surface area contributed by atoms with Crippen LogP contribution >= 0.6 is 0 Å². The van der Waals surface area contributed by atoms with Crippen LogP contribution in [0.5, 0.6) is 5.75 Å². The van der Waals surface area contributed by atoms with E-state index in [1.165, 1.54) is 35.7 Å². The molecule has 53 heavy (non-hydrogen) atoms. The summed E-state index contributed by atoms with van der Waals surface area (Å²) in [5, 5.41) is 4.57. The maximum atomic E-state index is 14.4. The Morgan fingerprint density at radius 3 is 2.06 bits per heavy atom. The Labute approximate surface area is 309 Å². The van der Waals surface area contributed by atoms with Crippen molar-refractivity contribution < 1.29 is 29.4 Å². The molecule has 274 valence electrons. The van der Waals surface area contributed by atoms with E-state index in [1.807, 2.05) is 4.90 Å². The molecule has 0 saturated carbocycles. The van der Waals surface area contributed by atoms with E-state index in [2.05, 4.69) is 15.3 Å². The monoisotopic (exact) mass is 771 g/mol. The summed E-state index contributed by atoms with van der Waals surface area (Å²) in [5.74, 6) is 0.0813. The van der Waals surface area contributed by atoms with Gasteiger partial charge < -0.3 is 9.50 Å². The molecule has 2 aromatic heterocycles. The zero-order valence-electron chi connectivity index (χ0n) is 28.7. The molecule has 0 aliphatic carbocycles. The fraction of sp³-hybridized carbons (Fsp3) is 0.211. The second-order valence-electron chi connectivity index (χ2n) is 12.8. The first-order valence-electron chi connectivity index (χ1n) is 16.9. The number of rotatable bonds is 12. The number of likely N-dealkylation sites (N-methyl/N-ethyl adjacent to an activating group) is 1. The summed E-state index contributed by atoms with van der Waals surface area (Å²) in [6.07, 6.45) is 6.43. The molecule has 0 spiro atoms. The first kappa shape index (κ1) is 36.6. The van der Waals surface area contributed by atoms with Gasteiger partial charge in [-0.1, -0.05) is 54.6 Å². The smallest absolute Gasteiger partial charge is 0.339 e. The molecule has 15 heteroatoms. The van der Waals surface area contributed by atoms with E-state index in [4.69, 9.17) is 4.18 Å². The second-order valence-corrected chi connectivity index (χ2v) is 18.4. The van der Waals surface area contributed by atoms with Gasteiger partial charge in [0, 0.05) is 85.6 Å². The van der Waals surface area contributed by atoms with Crippen LogP contribution in [-0.4, -0.2) is 89.1 Å². The van der Waals surface area contributed by atoms with Gasteiger partial charge in [-0.05, 0) is 60.5 Å². The Morgan fingerprint density at radius 2 is 1.40 bits per heavy atom. The number of nitrogens with one attached hydrogen (secondary N) is 1. The number of piperazine rings is 1. The number of nitrogens with zero attached hydrogens (tertiary/aromatic N) is 4. The van der Waals surface area contributed by atoms with E-state index >= 15 is 0 Å². The SMILES string of the molecule is CN(C(Cc1ccc(OS(=O)(=O)c2cccc3cnccc23)cc1)CN1CCNCC1S(=O)(=O)c1ccccc1)S(=O)(=O)c1cccc2cnccc12. The lowest BCUT2D eigenvalue weighted by molar-refractivity contribution is 0.168. The van der Waals surface area contributed by atoms with Crippen molar-refractivity contribution >= 4 is 51.5 Å². The Morgan fingerprint density at radius 1 is 0.774 bits per heavy atom. The summed E-state index contributed by atoms with van der Waals surface area (Å²) in [7, 11) is -10.6. The van der Waals surface area contributed by atoms with Crippen molar-refractivity contribution in [3.8, 4) is 5.75 Å². The third-order valence-electron chi connectivity index (χ3n) is 9.50. The van der Waals surface area contributed by atoms with Crippen LogP contribution in [0, 0.1) is 0 Å². The number of pyridine rings is 2. The lowest BCUT2D eigenvalue weighted by Gasteiger charge is -2.39. The normalized spacial score (nSPS) is 16.5. The van der Waals surface area contributed by atoms with E-state index in [-0.39, 0.29) is 39.9 Å². The van der Waals surface area contributed by atoms with Crippen molar-refractivity contribution in [1.29, 1.82) is 0 Å². The van der Waals surface area contributed by atoms with Gasteiger partial charge in [-0.3, -0.25) is 14.9 Å². The molecule has 7 rings (SSSR count). The highest BCUT2D eigenvalue weighted by molar-refractivity contribution is 7.92. The largest absolute Gasteiger partial charge is 0.379 e. The molecule has 1 aliphatic heterocycles. The molecule has 6 aromatic rings. The fourth-order valence-electron chi connectivity index (χ4n) is 6.69. The van der Waals surface area contributed by atoms with Gasteiger partial charge in [0.15, 0.2) is 9.84 Å². The number of fused-ring (bicyclic) bond motifs is 2. The quantitative estimate of drug-likeness (QED) is 0.175. The first-order valence-corrected chi connectivity index (χ1v) is 21.3. The maximum Gasteiger partial charge on any atom is 0.339 e. The minimum Gasteiger partial charge on any atom is -0.379 e. The van der Waals surface area contributed by atoms with Crippen molar-refractivity contribution in [1.82, 2.24) is 24.5 Å². The molecule has 4 aromatic carbocycles. The third kappa shape index (κ3) is 7.54. The van der Waals surface area contributed by atoms with Crippen molar-refractivity contribution in [2.24, 2.45) is 0 Å². The third-order valence-corrected chi connectivity index (χ3v) is 14.9. The topological polar surface area (TPSA) is 156 Å². The molecule has 2 unspecified atom stereocenters. The predicted octanol–water partition coefficient (Wildman–Crippen LogP) is 4.49. The number of aromatic nitrogens is 2. The van der Waals surface area contributed by atoms with E-state index in [0.717, 1.165) is 0 Å². The lowest BCUT2D eigenvalue weighted by Crippen LogP contribution is -2.58. The highest BCUT2D eigenvalue weighted by atomic mass is 32.2. The average molecular weight is 772 g/mol. The molecule has 3 heterocycles. The standard InChI is InChI=1S/C38H37N5O7S3/c1-42(52(46,47)36-11-5-7-29-24-39-19-17-34(29)36)31(27-43-22-21-41-26-38(43)51(44,45)33-9-3-2-4-10-33)23-28-13-15-32(16-14-28)50-53(48,49)37-12-6-8-30-25-40-20-18-35(30)37/h2-20,24-25,31,38,41H,21-23,26-27H2,1H3. The van der Waals surface area contributed by atoms with Crippen LogP contribution in [-0.2, 0) is 36.4 Å². The highest BCUT2D eigenvalue weighted by Crippen LogP contribution is 2.30. The average Bonchev–Trinajstić information content (AvgIpc) is 3.18. The van der Waals surface area contributed by atoms with E-state index < -0.39 is 41.4 Å². The Balaban J connectivity index is 1.20. The van der Waals surface area contributed by atoms with Crippen LogP contribution < -0.4 is 9.50 Å². The number of benzene rings is 4. The van der Waals surface area contributed by atoms with Crippen molar-refractivity contribution in [3.63, 3.8) is 0 Å². The Bertz CT molecular complexity index is 2580. The number of sulfone groups is 1. The Hall–Kier alpha value is -4.77. The minimum atomic E-state index is -4.21. The Kier molecular flexibility index (Phi) is 10.3. The molecule has 1 fully saturated rings. The molecule has 1 saturated heterocycles. The van der Waals surface area contributed by atoms with Crippen molar-refractivity contribution in [3.05, 3.63) is 133 Å². The summed E-state index contributed by atoms with van der Waals surface area (Å²) < 4.78 is 90.2. The van der Waals surface area contributed by atoms with Crippen LogP contribution in [0.1, 0.15) is 5.56 Å². The van der Waals surface area contributed by atoms with Gasteiger partial charge in [-0.15, -0.1) is 0 Å². The number of sulfonamides is 1. The van der Waals surface area contributed by atoms with Crippen LogP contribution in [0.25, 0.3) is 21.5 Å². The summed E-state index contributed by atoms with van der Waals surface area (Å²) in [5.41, 5.74) is 0.692. The zero-order valence-corrected chi connectivity index (χ0v) is 31.1. The lowest BCUT2D eigenvalue weighted by atomic mass is 10.0. The van der Waals surface area contributed by atoms with Gasteiger partial charge in [-0.25, -0.2) is 16.8 Å². The van der Waals surface area contributed by atoms with Crippen LogP contribution in [0.15, 0.2) is 143 Å². The molecule has 0 bridgehead atoms. The van der Waals surface area contributed by atoms with Gasteiger partial charge in [-0.2, -0.15) is 12.7 Å². The van der Waals surface area contributed by atoms with Gasteiger partial charge in [0.25, 0.3) is 0 Å². The molecule has 0 radical (unpaired) electrons. The number of hydrogen-bond acceptors (Lipinski definition) is 11. The molecule has 1 aliphatic rings. The summed E-state index contributed by atoms with van der Waals surface area (Å²) in [4.78, 5) is 10.3. The van der Waals surface area contributed by atoms with Gasteiger partial charge in [0.1, 0.15) is 16.0 Å². The summed E-state index contributed by atoms with van der Waals surface area (Å²) in [6, 6.07) is 27.1. The van der Waals surface area contributed by atoms with Crippen LogP contribution in [0.4, 0.5) is 0 Å². The van der Waals surface area contributed by atoms with Gasteiger partial charge in [0.2, 0.25) is 10.0 Å². The molecule has 0 amide bonds. The maximum absolute atomic E-state index is 14.4. The number of hydrogen-bond donors (Lipinski definition) is 1. The molecule has 2 atom stereocenters. The summed E-state index contributed by atoms with van der Waals surface area (Å²) >= 11 is 0. The van der Waals surface area contributed by atoms with Crippen LogP contribution in [0.2, 0.25) is 0 Å².